The summed E-state index contributed by atoms with van der Waals surface area (Å²) in [5, 5.41) is 4.64. The third kappa shape index (κ3) is 3.18. The topological polar surface area (TPSA) is 28.2 Å². The Hall–Kier alpha value is -1.61. The first-order chi connectivity index (χ1) is 10.2. The van der Waals surface area contributed by atoms with Crippen molar-refractivity contribution in [2.45, 2.75) is 39.3 Å². The van der Waals surface area contributed by atoms with Crippen LogP contribution in [0.4, 0.5) is 5.82 Å². The van der Waals surface area contributed by atoms with Gasteiger partial charge in [-0.25, -0.2) is 4.98 Å². The van der Waals surface area contributed by atoms with E-state index in [-0.39, 0.29) is 0 Å². The largest absolute Gasteiger partial charge is 0.370 e. The molecule has 1 saturated carbocycles. The van der Waals surface area contributed by atoms with Crippen LogP contribution in [0, 0.1) is 5.92 Å². The number of fused-ring (bicyclic) bond motifs is 1. The number of para-hydroxylation sites is 1. The molecule has 1 N–H and O–H groups in total. The molecule has 0 aliphatic heterocycles. The van der Waals surface area contributed by atoms with Crippen LogP contribution in [0.15, 0.2) is 30.3 Å². The maximum Gasteiger partial charge on any atom is 0.131 e. The van der Waals surface area contributed by atoms with E-state index in [1.165, 1.54) is 23.8 Å². The smallest absolute Gasteiger partial charge is 0.131 e. The predicted octanol–water partition coefficient (Wildman–Crippen LogP) is 3.90. The normalized spacial score (nSPS) is 16.4. The van der Waals surface area contributed by atoms with Gasteiger partial charge in [0.1, 0.15) is 5.82 Å². The van der Waals surface area contributed by atoms with E-state index in [0.717, 1.165) is 30.3 Å². The summed E-state index contributed by atoms with van der Waals surface area (Å²) in [5.41, 5.74) is 2.36. The number of pyridine rings is 1. The van der Waals surface area contributed by atoms with Crippen LogP contribution in [0.1, 0.15) is 32.3 Å². The van der Waals surface area contributed by atoms with E-state index in [1.807, 2.05) is 6.07 Å². The molecule has 0 amide bonds. The van der Waals surface area contributed by atoms with E-state index < -0.39 is 0 Å². The molecule has 0 radical (unpaired) electrons. The van der Waals surface area contributed by atoms with Crippen LogP contribution in [-0.4, -0.2) is 29.5 Å². The molecule has 1 aliphatic rings. The van der Waals surface area contributed by atoms with Crippen molar-refractivity contribution < 1.29 is 0 Å². The number of nitrogens with one attached hydrogen (secondary N) is 1. The van der Waals surface area contributed by atoms with Crippen LogP contribution < -0.4 is 5.32 Å². The second-order valence-corrected chi connectivity index (χ2v) is 6.21. The van der Waals surface area contributed by atoms with Crippen molar-refractivity contribution in [3.63, 3.8) is 0 Å². The lowest BCUT2D eigenvalue weighted by Gasteiger charge is -2.25. The van der Waals surface area contributed by atoms with Crippen LogP contribution in [-0.2, 0) is 6.54 Å². The molecule has 3 rings (SSSR count). The minimum atomic E-state index is 0.658. The molecular formula is C18H25N3. The Bertz CT molecular complexity index is 619. The molecule has 1 fully saturated rings. The van der Waals surface area contributed by atoms with Gasteiger partial charge in [0.05, 0.1) is 5.52 Å². The van der Waals surface area contributed by atoms with Crippen molar-refractivity contribution in [1.29, 1.82) is 0 Å². The lowest BCUT2D eigenvalue weighted by Crippen LogP contribution is -2.30. The van der Waals surface area contributed by atoms with Gasteiger partial charge in [0.25, 0.3) is 0 Å². The highest BCUT2D eigenvalue weighted by Crippen LogP contribution is 2.35. The molecule has 3 nitrogen and oxygen atoms in total. The van der Waals surface area contributed by atoms with Crippen molar-refractivity contribution in [3.8, 4) is 0 Å². The van der Waals surface area contributed by atoms with Crippen molar-refractivity contribution in [1.82, 2.24) is 9.88 Å². The Kier molecular flexibility index (Phi) is 4.11. The molecule has 0 saturated heterocycles. The van der Waals surface area contributed by atoms with Gasteiger partial charge in [0.15, 0.2) is 0 Å². The maximum absolute atomic E-state index is 4.80. The van der Waals surface area contributed by atoms with Crippen molar-refractivity contribution in [2.24, 2.45) is 5.92 Å². The van der Waals surface area contributed by atoms with E-state index in [0.29, 0.717) is 6.04 Å². The van der Waals surface area contributed by atoms with E-state index >= 15 is 0 Å². The fourth-order valence-corrected chi connectivity index (χ4v) is 2.95. The monoisotopic (exact) mass is 283 g/mol. The summed E-state index contributed by atoms with van der Waals surface area (Å²) in [6.07, 6.45) is 2.78. The Labute approximate surface area is 127 Å². The van der Waals surface area contributed by atoms with Gasteiger partial charge < -0.3 is 5.32 Å². The van der Waals surface area contributed by atoms with E-state index in [2.05, 4.69) is 55.4 Å². The molecule has 21 heavy (non-hydrogen) atoms. The lowest BCUT2D eigenvalue weighted by atomic mass is 10.1. The van der Waals surface area contributed by atoms with Gasteiger partial charge in [-0.2, -0.15) is 0 Å². The molecule has 0 bridgehead atoms. The van der Waals surface area contributed by atoms with Gasteiger partial charge in [0.2, 0.25) is 0 Å². The van der Waals surface area contributed by atoms with E-state index in [4.69, 9.17) is 4.98 Å². The second kappa shape index (κ2) is 6.02. The van der Waals surface area contributed by atoms with Crippen molar-refractivity contribution in [2.75, 3.05) is 18.9 Å². The SMILES string of the molecule is CCNc1nc2ccccc2cc1CN(C)C(C)C1CC1. The minimum absolute atomic E-state index is 0.658. The molecule has 1 aromatic carbocycles. The summed E-state index contributed by atoms with van der Waals surface area (Å²) < 4.78 is 0. The molecule has 3 heteroatoms. The summed E-state index contributed by atoms with van der Waals surface area (Å²) in [6, 6.07) is 11.3. The number of aromatic nitrogens is 1. The number of benzene rings is 1. The van der Waals surface area contributed by atoms with Crippen molar-refractivity contribution >= 4 is 16.7 Å². The fraction of sp³-hybridized carbons (Fsp3) is 0.500. The Morgan fingerprint density at radius 1 is 1.33 bits per heavy atom. The van der Waals surface area contributed by atoms with Gasteiger partial charge in [-0.3, -0.25) is 4.90 Å². The van der Waals surface area contributed by atoms with Crippen LogP contribution in [0.3, 0.4) is 0 Å². The quantitative estimate of drug-likeness (QED) is 0.871. The summed E-state index contributed by atoms with van der Waals surface area (Å²) in [7, 11) is 2.23. The molecule has 1 atom stereocenters. The maximum atomic E-state index is 4.80. The molecule has 112 valence electrons. The molecular weight excluding hydrogens is 258 g/mol. The average Bonchev–Trinajstić information content (AvgIpc) is 3.32. The number of anilines is 1. The number of hydrogen-bond acceptors (Lipinski definition) is 3. The standard InChI is InChI=1S/C18H25N3/c1-4-19-18-16(12-21(3)13(2)14-9-10-14)11-15-7-5-6-8-17(15)20-18/h5-8,11,13-14H,4,9-10,12H2,1-3H3,(H,19,20). The van der Waals surface area contributed by atoms with Crippen LogP contribution in [0.25, 0.3) is 10.9 Å². The highest BCUT2D eigenvalue weighted by Gasteiger charge is 2.30. The molecule has 1 aromatic heterocycles. The highest BCUT2D eigenvalue weighted by molar-refractivity contribution is 5.81. The van der Waals surface area contributed by atoms with Gasteiger partial charge >= 0.3 is 0 Å². The fourth-order valence-electron chi connectivity index (χ4n) is 2.95. The molecule has 1 aliphatic carbocycles. The first-order valence-corrected chi connectivity index (χ1v) is 8.01. The molecule has 1 unspecified atom stereocenters. The molecule has 0 spiro atoms. The third-order valence-electron chi connectivity index (χ3n) is 4.57. The van der Waals surface area contributed by atoms with Crippen LogP contribution >= 0.6 is 0 Å². The van der Waals surface area contributed by atoms with Gasteiger partial charge in [-0.15, -0.1) is 0 Å². The predicted molar refractivity (Wildman–Crippen MR) is 89.6 cm³/mol. The summed E-state index contributed by atoms with van der Waals surface area (Å²) in [4.78, 5) is 7.26. The van der Waals surface area contributed by atoms with E-state index in [1.54, 1.807) is 0 Å². The average molecular weight is 283 g/mol. The molecule has 2 aromatic rings. The molecule has 1 heterocycles. The number of hydrogen-bond donors (Lipinski definition) is 1. The Balaban J connectivity index is 1.89. The number of rotatable bonds is 6. The van der Waals surface area contributed by atoms with Crippen LogP contribution in [0.5, 0.6) is 0 Å². The van der Waals surface area contributed by atoms with Gasteiger partial charge in [-0.05, 0) is 51.8 Å². The zero-order valence-electron chi connectivity index (χ0n) is 13.3. The second-order valence-electron chi connectivity index (χ2n) is 6.21. The summed E-state index contributed by atoms with van der Waals surface area (Å²) in [6.45, 7) is 6.33. The number of nitrogens with zero attached hydrogens (tertiary/aromatic N) is 2. The zero-order chi connectivity index (χ0) is 14.8. The highest BCUT2D eigenvalue weighted by atomic mass is 15.1. The lowest BCUT2D eigenvalue weighted by molar-refractivity contribution is 0.227. The van der Waals surface area contributed by atoms with E-state index in [9.17, 15) is 0 Å². The summed E-state index contributed by atoms with van der Waals surface area (Å²) in [5.74, 6) is 1.93. The third-order valence-corrected chi connectivity index (χ3v) is 4.57. The summed E-state index contributed by atoms with van der Waals surface area (Å²) >= 11 is 0. The first-order valence-electron chi connectivity index (χ1n) is 8.01. The van der Waals surface area contributed by atoms with Gasteiger partial charge in [0, 0.05) is 30.1 Å². The first kappa shape index (κ1) is 14.3. The Morgan fingerprint density at radius 2 is 2.10 bits per heavy atom. The van der Waals surface area contributed by atoms with Crippen LogP contribution in [0.2, 0.25) is 0 Å². The van der Waals surface area contributed by atoms with Gasteiger partial charge in [-0.1, -0.05) is 18.2 Å². The zero-order valence-corrected chi connectivity index (χ0v) is 13.3. The Morgan fingerprint density at radius 3 is 2.81 bits per heavy atom. The minimum Gasteiger partial charge on any atom is -0.370 e. The van der Waals surface area contributed by atoms with Crippen molar-refractivity contribution in [3.05, 3.63) is 35.9 Å².